The Morgan fingerprint density at radius 3 is 2.61 bits per heavy atom. The molecule has 0 fully saturated rings. The third kappa shape index (κ3) is 4.79. The molecule has 0 amide bonds. The molecular weight excluding hydrogens is 459 g/mol. The van der Waals surface area contributed by atoms with Gasteiger partial charge in [0, 0.05) is 12.6 Å². The summed E-state index contributed by atoms with van der Waals surface area (Å²) >= 11 is 3.09. The highest BCUT2D eigenvalue weighted by Crippen LogP contribution is 2.35. The molecule has 0 saturated carbocycles. The molecule has 0 unspecified atom stereocenters. The van der Waals surface area contributed by atoms with Gasteiger partial charge in [-0.15, -0.1) is 22.7 Å². The second-order valence-corrected chi connectivity index (χ2v) is 10.3. The molecule has 1 aromatic carbocycles. The predicted octanol–water partition coefficient (Wildman–Crippen LogP) is 3.52. The van der Waals surface area contributed by atoms with Crippen LogP contribution in [0.2, 0.25) is 0 Å². The van der Waals surface area contributed by atoms with E-state index in [0.29, 0.717) is 5.69 Å². The number of nitrogens with zero attached hydrogens (tertiary/aromatic N) is 3. The molecule has 0 aliphatic heterocycles. The molecule has 31 heavy (non-hydrogen) atoms. The number of benzene rings is 1. The largest absolute Gasteiger partial charge is 0.268 e. The maximum absolute atomic E-state index is 13.0. The molecule has 1 N–H and O–H groups in total. The Kier molecular flexibility index (Phi) is 6.10. The molecule has 4 rings (SSSR count). The average Bonchev–Trinajstić information content (AvgIpc) is 3.39. The summed E-state index contributed by atoms with van der Waals surface area (Å²) in [4.78, 5) is 18.7. The molecule has 0 radical (unpaired) electrons. The lowest BCUT2D eigenvalue weighted by Gasteiger charge is -2.09. The van der Waals surface area contributed by atoms with E-state index in [4.69, 9.17) is 0 Å². The van der Waals surface area contributed by atoms with Gasteiger partial charge in [-0.2, -0.15) is 5.10 Å². The summed E-state index contributed by atoms with van der Waals surface area (Å²) in [5, 5.41) is 7.26. The van der Waals surface area contributed by atoms with Gasteiger partial charge in [0.15, 0.2) is 0 Å². The third-order valence-corrected chi connectivity index (χ3v) is 8.06. The summed E-state index contributed by atoms with van der Waals surface area (Å²) in [6.07, 6.45) is 0. The van der Waals surface area contributed by atoms with Crippen LogP contribution in [0, 0.1) is 12.7 Å². The minimum Gasteiger partial charge on any atom is -0.268 e. The van der Waals surface area contributed by atoms with Crippen molar-refractivity contribution in [3.63, 3.8) is 0 Å². The average molecular weight is 477 g/mol. The van der Waals surface area contributed by atoms with Crippen molar-refractivity contribution in [2.24, 2.45) is 0 Å². The van der Waals surface area contributed by atoms with E-state index in [2.05, 4.69) is 14.8 Å². The van der Waals surface area contributed by atoms with Gasteiger partial charge < -0.3 is 0 Å². The number of halogens is 1. The highest BCUT2D eigenvalue weighted by Gasteiger charge is 2.16. The first-order chi connectivity index (χ1) is 14.8. The topological polar surface area (TPSA) is 94.0 Å². The van der Waals surface area contributed by atoms with Crippen LogP contribution in [-0.2, 0) is 16.6 Å². The Morgan fingerprint density at radius 1 is 1.13 bits per heavy atom. The molecule has 0 aliphatic rings. The minimum atomic E-state index is -3.82. The molecule has 3 heterocycles. The Bertz CT molecular complexity index is 1360. The summed E-state index contributed by atoms with van der Waals surface area (Å²) in [7, 11) is -3.82. The van der Waals surface area contributed by atoms with Gasteiger partial charge in [-0.05, 0) is 48.7 Å². The van der Waals surface area contributed by atoms with Gasteiger partial charge in [0.25, 0.3) is 5.56 Å². The van der Waals surface area contributed by atoms with Crippen molar-refractivity contribution in [2.45, 2.75) is 18.4 Å². The molecule has 160 valence electrons. The highest BCUT2D eigenvalue weighted by molar-refractivity contribution is 7.89. The van der Waals surface area contributed by atoms with Gasteiger partial charge in [-0.3, -0.25) is 4.79 Å². The molecule has 0 atom stereocenters. The SMILES string of the molecule is Cc1nc(-c2cccs2)sc1-c1ccc(=O)n(CCNS(=O)(=O)c2ccc(F)cc2)n1. The van der Waals surface area contributed by atoms with Crippen molar-refractivity contribution >= 4 is 32.7 Å². The van der Waals surface area contributed by atoms with Crippen LogP contribution in [0.4, 0.5) is 4.39 Å². The highest BCUT2D eigenvalue weighted by atomic mass is 32.2. The molecule has 0 saturated heterocycles. The number of sulfonamides is 1. The standard InChI is InChI=1S/C20H17FN4O3S3/c1-13-19(30-20(23-13)17-3-2-12-29-17)16-8-9-18(26)25(24-16)11-10-22-31(27,28)15-6-4-14(21)5-7-15/h2-9,12,22H,10-11H2,1H3. The lowest BCUT2D eigenvalue weighted by atomic mass is 10.3. The fraction of sp³-hybridized carbons (Fsp3) is 0.150. The summed E-state index contributed by atoms with van der Waals surface area (Å²) < 4.78 is 41.3. The van der Waals surface area contributed by atoms with Crippen molar-refractivity contribution < 1.29 is 12.8 Å². The van der Waals surface area contributed by atoms with Gasteiger partial charge in [0.05, 0.1) is 26.9 Å². The van der Waals surface area contributed by atoms with Crippen molar-refractivity contribution in [3.05, 3.63) is 75.8 Å². The van der Waals surface area contributed by atoms with Crippen LogP contribution < -0.4 is 10.3 Å². The zero-order valence-corrected chi connectivity index (χ0v) is 18.7. The van der Waals surface area contributed by atoms with Gasteiger partial charge >= 0.3 is 0 Å². The van der Waals surface area contributed by atoms with Crippen LogP contribution in [0.1, 0.15) is 5.69 Å². The third-order valence-electron chi connectivity index (χ3n) is 4.37. The Morgan fingerprint density at radius 2 is 1.90 bits per heavy atom. The molecule has 0 bridgehead atoms. The predicted molar refractivity (Wildman–Crippen MR) is 119 cm³/mol. The van der Waals surface area contributed by atoms with E-state index in [1.54, 1.807) is 17.4 Å². The van der Waals surface area contributed by atoms with Gasteiger partial charge in [-0.1, -0.05) is 6.07 Å². The zero-order valence-electron chi connectivity index (χ0n) is 16.3. The fourth-order valence-corrected chi connectivity index (χ4v) is 5.70. The van der Waals surface area contributed by atoms with Gasteiger partial charge in [0.2, 0.25) is 10.0 Å². The summed E-state index contributed by atoms with van der Waals surface area (Å²) in [5.41, 5.74) is 1.06. The van der Waals surface area contributed by atoms with Crippen molar-refractivity contribution in [1.82, 2.24) is 19.5 Å². The molecule has 0 aliphatic carbocycles. The maximum atomic E-state index is 13.0. The number of thiophene rings is 1. The van der Waals surface area contributed by atoms with Gasteiger partial charge in [-0.25, -0.2) is 27.2 Å². The molecule has 3 aromatic heterocycles. The van der Waals surface area contributed by atoms with Crippen molar-refractivity contribution in [3.8, 4) is 20.5 Å². The van der Waals surface area contributed by atoms with Gasteiger partial charge in [0.1, 0.15) is 16.5 Å². The Labute approximate surface area is 185 Å². The van der Waals surface area contributed by atoms with E-state index in [9.17, 15) is 17.6 Å². The summed E-state index contributed by atoms with van der Waals surface area (Å²) in [6.45, 7) is 1.89. The number of hydrogen-bond donors (Lipinski definition) is 1. The molecule has 7 nitrogen and oxygen atoms in total. The Balaban J connectivity index is 1.51. The molecule has 0 spiro atoms. The smallest absolute Gasteiger partial charge is 0.266 e. The van der Waals surface area contributed by atoms with E-state index in [1.165, 1.54) is 34.2 Å². The quantitative estimate of drug-likeness (QED) is 0.441. The number of rotatable bonds is 7. The normalized spacial score (nSPS) is 11.7. The molecule has 4 aromatic rings. The minimum absolute atomic E-state index is 0.0435. The first-order valence-electron chi connectivity index (χ1n) is 9.18. The number of aryl methyl sites for hydroxylation is 1. The van der Waals surface area contributed by atoms with E-state index < -0.39 is 15.8 Å². The first kappa shape index (κ1) is 21.5. The number of nitrogens with one attached hydrogen (secondary N) is 1. The summed E-state index contributed by atoms with van der Waals surface area (Å²) in [5.74, 6) is -0.521. The molecular formula is C20H17FN4O3S3. The van der Waals surface area contributed by atoms with Crippen LogP contribution in [0.25, 0.3) is 20.5 Å². The van der Waals surface area contributed by atoms with Crippen LogP contribution in [0.5, 0.6) is 0 Å². The van der Waals surface area contributed by atoms with Crippen LogP contribution in [0.3, 0.4) is 0 Å². The van der Waals surface area contributed by atoms with E-state index in [1.807, 2.05) is 24.4 Å². The monoisotopic (exact) mass is 476 g/mol. The van der Waals surface area contributed by atoms with E-state index in [-0.39, 0.29) is 23.5 Å². The van der Waals surface area contributed by atoms with E-state index in [0.717, 1.165) is 32.6 Å². The van der Waals surface area contributed by atoms with Crippen LogP contribution >= 0.6 is 22.7 Å². The first-order valence-corrected chi connectivity index (χ1v) is 12.4. The fourth-order valence-electron chi connectivity index (χ4n) is 2.85. The maximum Gasteiger partial charge on any atom is 0.266 e. The summed E-state index contributed by atoms with van der Waals surface area (Å²) in [6, 6.07) is 11.5. The molecule has 11 heteroatoms. The number of thiazole rings is 1. The van der Waals surface area contributed by atoms with E-state index >= 15 is 0 Å². The number of hydrogen-bond acceptors (Lipinski definition) is 7. The second-order valence-electron chi connectivity index (χ2n) is 6.54. The van der Waals surface area contributed by atoms with Crippen molar-refractivity contribution in [2.75, 3.05) is 6.54 Å². The lowest BCUT2D eigenvalue weighted by molar-refractivity contribution is 0.548. The number of aromatic nitrogens is 3. The zero-order chi connectivity index (χ0) is 22.0. The van der Waals surface area contributed by atoms with Crippen LogP contribution in [-0.4, -0.2) is 29.7 Å². The lowest BCUT2D eigenvalue weighted by Crippen LogP contribution is -2.32. The Hall–Kier alpha value is -2.73. The second kappa shape index (κ2) is 8.79. The van der Waals surface area contributed by atoms with Crippen molar-refractivity contribution in [1.29, 1.82) is 0 Å². The van der Waals surface area contributed by atoms with Crippen LogP contribution in [0.15, 0.2) is 63.6 Å².